The molecule has 0 atom stereocenters. The molecule has 0 amide bonds. The second-order valence-corrected chi connectivity index (χ2v) is 8.27. The maximum atomic E-state index is 11.8. The van der Waals surface area contributed by atoms with Crippen molar-refractivity contribution in [1.29, 1.82) is 0 Å². The number of hydrogen-bond acceptors (Lipinski definition) is 5. The highest BCUT2D eigenvalue weighted by atomic mass is 35.5. The van der Waals surface area contributed by atoms with Crippen LogP contribution in [0.25, 0.3) is 0 Å². The second kappa shape index (κ2) is 4.34. The fourth-order valence-electron chi connectivity index (χ4n) is 1.60. The Morgan fingerprint density at radius 3 is 2.56 bits per heavy atom. The van der Waals surface area contributed by atoms with E-state index in [1.165, 1.54) is 17.8 Å². The molecule has 0 saturated heterocycles. The SMILES string of the molecule is Cl.NS(=O)(=O)C1=CCC2=C(SCC2)S1(=O)=O. The Balaban J connectivity index is 0.00000128. The molecule has 0 fully saturated rings. The van der Waals surface area contributed by atoms with Gasteiger partial charge >= 0.3 is 0 Å². The van der Waals surface area contributed by atoms with Crippen LogP contribution in [0.5, 0.6) is 0 Å². The Morgan fingerprint density at radius 1 is 1.38 bits per heavy atom. The zero-order chi connectivity index (χ0) is 11.3. The number of thioether (sulfide) groups is 1. The Morgan fingerprint density at radius 2 is 2.00 bits per heavy atom. The molecular formula is C7H10ClNO4S3. The van der Waals surface area contributed by atoms with E-state index in [9.17, 15) is 16.8 Å². The third-order valence-electron chi connectivity index (χ3n) is 2.23. The molecule has 2 rings (SSSR count). The minimum absolute atomic E-state index is 0. The quantitative estimate of drug-likeness (QED) is 0.769. The van der Waals surface area contributed by atoms with Gasteiger partial charge in [0.15, 0.2) is 4.24 Å². The highest BCUT2D eigenvalue weighted by Gasteiger charge is 2.38. The lowest BCUT2D eigenvalue weighted by atomic mass is 10.2. The molecule has 0 aromatic heterocycles. The molecule has 0 bridgehead atoms. The first kappa shape index (κ1) is 14.0. The number of hydrogen-bond donors (Lipinski definition) is 1. The van der Waals surface area contributed by atoms with Gasteiger partial charge < -0.3 is 0 Å². The molecule has 2 N–H and O–H groups in total. The van der Waals surface area contributed by atoms with Crippen LogP contribution in [0.1, 0.15) is 12.8 Å². The minimum Gasteiger partial charge on any atom is -0.224 e. The lowest BCUT2D eigenvalue weighted by Crippen LogP contribution is -2.23. The van der Waals surface area contributed by atoms with Gasteiger partial charge in [0, 0.05) is 5.75 Å². The molecule has 9 heteroatoms. The standard InChI is InChI=1S/C7H9NO4S3.ClH/c8-15(11,12)6-2-1-5-3-4-13-7(5)14(6,9)10;/h2H,1,3-4H2,(H2,8,11,12);1H. The van der Waals surface area contributed by atoms with Crippen LogP contribution in [-0.2, 0) is 19.9 Å². The summed E-state index contributed by atoms with van der Waals surface area (Å²) in [6.07, 6.45) is 2.26. The lowest BCUT2D eigenvalue weighted by molar-refractivity contribution is 0.599. The molecule has 5 nitrogen and oxygen atoms in total. The molecule has 0 spiro atoms. The van der Waals surface area contributed by atoms with Crippen LogP contribution in [0.4, 0.5) is 0 Å². The summed E-state index contributed by atoms with van der Waals surface area (Å²) in [5.74, 6) is 0.690. The summed E-state index contributed by atoms with van der Waals surface area (Å²) in [6.45, 7) is 0. The number of allylic oxidation sites excluding steroid dienone is 2. The summed E-state index contributed by atoms with van der Waals surface area (Å²) in [5.41, 5.74) is 0.799. The third kappa shape index (κ3) is 2.17. The summed E-state index contributed by atoms with van der Waals surface area (Å²) < 4.78 is 45.4. The topological polar surface area (TPSA) is 94.3 Å². The van der Waals surface area contributed by atoms with E-state index in [0.29, 0.717) is 18.6 Å². The van der Waals surface area contributed by atoms with Crippen molar-refractivity contribution in [2.24, 2.45) is 5.14 Å². The number of primary sulfonamides is 1. The molecular weight excluding hydrogens is 294 g/mol. The van der Waals surface area contributed by atoms with Gasteiger partial charge in [-0.3, -0.25) is 0 Å². The molecule has 16 heavy (non-hydrogen) atoms. The van der Waals surface area contributed by atoms with Gasteiger partial charge in [0.1, 0.15) is 4.24 Å². The third-order valence-corrected chi connectivity index (χ3v) is 7.76. The van der Waals surface area contributed by atoms with Crippen LogP contribution < -0.4 is 5.14 Å². The van der Waals surface area contributed by atoms with Gasteiger partial charge in [0.05, 0.1) is 0 Å². The smallest absolute Gasteiger partial charge is 0.224 e. The average Bonchev–Trinajstić information content (AvgIpc) is 2.49. The van der Waals surface area contributed by atoms with Crippen LogP contribution in [0.3, 0.4) is 0 Å². The summed E-state index contributed by atoms with van der Waals surface area (Å²) in [5, 5.41) is 4.86. The van der Waals surface area contributed by atoms with Gasteiger partial charge in [-0.2, -0.15) is 0 Å². The van der Waals surface area contributed by atoms with Gasteiger partial charge in [-0.25, -0.2) is 22.0 Å². The van der Waals surface area contributed by atoms with E-state index in [1.807, 2.05) is 0 Å². The molecule has 2 heterocycles. The minimum atomic E-state index is -4.15. The van der Waals surface area contributed by atoms with Crippen LogP contribution in [0.15, 0.2) is 20.1 Å². The van der Waals surface area contributed by atoms with Crippen molar-refractivity contribution in [2.75, 3.05) is 5.75 Å². The molecule has 0 unspecified atom stereocenters. The largest absolute Gasteiger partial charge is 0.249 e. The highest BCUT2D eigenvalue weighted by Crippen LogP contribution is 2.43. The van der Waals surface area contributed by atoms with Gasteiger partial charge in [-0.1, -0.05) is 0 Å². The summed E-state index contributed by atoms with van der Waals surface area (Å²) in [6, 6.07) is 0. The molecule has 0 radical (unpaired) electrons. The van der Waals surface area contributed by atoms with Crippen molar-refractivity contribution < 1.29 is 16.8 Å². The van der Waals surface area contributed by atoms with Crippen molar-refractivity contribution in [3.8, 4) is 0 Å². The fourth-order valence-corrected chi connectivity index (χ4v) is 6.66. The predicted octanol–water partition coefficient (Wildman–Crippen LogP) is 0.705. The van der Waals surface area contributed by atoms with Crippen molar-refractivity contribution in [3.63, 3.8) is 0 Å². The van der Waals surface area contributed by atoms with E-state index in [4.69, 9.17) is 5.14 Å². The molecule has 0 aromatic carbocycles. The Hall–Kier alpha value is -0.0200. The maximum Gasteiger partial charge on any atom is 0.249 e. The van der Waals surface area contributed by atoms with E-state index in [2.05, 4.69) is 0 Å². The van der Waals surface area contributed by atoms with E-state index in [1.54, 1.807) is 0 Å². The first-order valence-electron chi connectivity index (χ1n) is 4.16. The first-order valence-corrected chi connectivity index (χ1v) is 8.18. The predicted molar refractivity (Wildman–Crippen MR) is 66.1 cm³/mol. The molecule has 0 aromatic rings. The number of sulfonamides is 1. The van der Waals surface area contributed by atoms with Gasteiger partial charge in [-0.05, 0) is 24.5 Å². The number of halogens is 1. The zero-order valence-electron chi connectivity index (χ0n) is 8.04. The number of rotatable bonds is 1. The molecule has 2 aliphatic heterocycles. The van der Waals surface area contributed by atoms with E-state index in [0.717, 1.165) is 5.57 Å². The average molecular weight is 304 g/mol. The van der Waals surface area contributed by atoms with Crippen LogP contribution in [-0.4, -0.2) is 22.6 Å². The van der Waals surface area contributed by atoms with Crippen molar-refractivity contribution in [2.45, 2.75) is 12.8 Å². The monoisotopic (exact) mass is 303 g/mol. The van der Waals surface area contributed by atoms with Gasteiger partial charge in [0.25, 0.3) is 0 Å². The first-order chi connectivity index (χ1) is 6.83. The number of nitrogens with two attached hydrogens (primary N) is 1. The zero-order valence-corrected chi connectivity index (χ0v) is 11.3. The Labute approximate surface area is 105 Å². The molecule has 0 aliphatic carbocycles. The van der Waals surface area contributed by atoms with Crippen LogP contribution >= 0.6 is 24.2 Å². The molecule has 92 valence electrons. The summed E-state index contributed by atoms with van der Waals surface area (Å²) in [4.78, 5) is 0. The Bertz CT molecular complexity index is 573. The summed E-state index contributed by atoms with van der Waals surface area (Å²) in [7, 11) is -8.01. The van der Waals surface area contributed by atoms with E-state index < -0.39 is 24.1 Å². The second-order valence-electron chi connectivity index (χ2n) is 3.27. The van der Waals surface area contributed by atoms with Gasteiger partial charge in [-0.15, -0.1) is 24.2 Å². The fraction of sp³-hybridized carbons (Fsp3) is 0.429. The van der Waals surface area contributed by atoms with Gasteiger partial charge in [0.2, 0.25) is 19.9 Å². The normalized spacial score (nSPS) is 23.4. The summed E-state index contributed by atoms with van der Waals surface area (Å²) >= 11 is 1.18. The van der Waals surface area contributed by atoms with Crippen molar-refractivity contribution in [3.05, 3.63) is 20.1 Å². The van der Waals surface area contributed by atoms with Crippen molar-refractivity contribution in [1.82, 2.24) is 0 Å². The Kier molecular flexibility index (Phi) is 3.81. The maximum absolute atomic E-state index is 11.8. The van der Waals surface area contributed by atoms with E-state index in [-0.39, 0.29) is 16.6 Å². The molecule has 0 saturated carbocycles. The molecule has 2 aliphatic rings. The number of sulfone groups is 1. The van der Waals surface area contributed by atoms with E-state index >= 15 is 0 Å². The highest BCUT2D eigenvalue weighted by molar-refractivity contribution is 8.25. The van der Waals surface area contributed by atoms with Crippen LogP contribution in [0, 0.1) is 0 Å². The van der Waals surface area contributed by atoms with Crippen LogP contribution in [0.2, 0.25) is 0 Å². The van der Waals surface area contributed by atoms with Crippen molar-refractivity contribution >= 4 is 44.0 Å². The lowest BCUT2D eigenvalue weighted by Gasteiger charge is -2.13.